The Morgan fingerprint density at radius 3 is 2.24 bits per heavy atom. The standard InChI is InChI=1S/C16H25N3O2/c1-5-13-7-9-14(10-8-13)11(3)18-12(4)15(20)19-16(21)17-6-2/h7-12,18H,5-6H2,1-4H3,(H2,17,19,20,21). The van der Waals surface area contributed by atoms with Crippen LogP contribution in [0.15, 0.2) is 24.3 Å². The van der Waals surface area contributed by atoms with Crippen LogP contribution in [0.3, 0.4) is 0 Å². The number of imide groups is 1. The lowest BCUT2D eigenvalue weighted by Crippen LogP contribution is -2.48. The minimum absolute atomic E-state index is 0.0332. The summed E-state index contributed by atoms with van der Waals surface area (Å²) < 4.78 is 0. The summed E-state index contributed by atoms with van der Waals surface area (Å²) >= 11 is 0. The molecule has 0 aliphatic carbocycles. The first-order valence-corrected chi connectivity index (χ1v) is 7.41. The van der Waals surface area contributed by atoms with Crippen LogP contribution in [0.4, 0.5) is 4.79 Å². The predicted molar refractivity (Wildman–Crippen MR) is 84.0 cm³/mol. The molecule has 1 rings (SSSR count). The first kappa shape index (κ1) is 17.2. The fraction of sp³-hybridized carbons (Fsp3) is 0.500. The summed E-state index contributed by atoms with van der Waals surface area (Å²) in [4.78, 5) is 23.2. The Balaban J connectivity index is 2.54. The zero-order valence-corrected chi connectivity index (χ0v) is 13.2. The number of nitrogens with one attached hydrogen (secondary N) is 3. The fourth-order valence-corrected chi connectivity index (χ4v) is 2.01. The number of benzene rings is 1. The molecule has 116 valence electrons. The Kier molecular flexibility index (Phi) is 6.88. The Bertz CT molecular complexity index is 471. The van der Waals surface area contributed by atoms with Crippen LogP contribution in [0.25, 0.3) is 0 Å². The minimum atomic E-state index is -0.462. The molecule has 0 saturated heterocycles. The smallest absolute Gasteiger partial charge is 0.321 e. The lowest BCUT2D eigenvalue weighted by atomic mass is 10.0. The molecule has 0 radical (unpaired) electrons. The number of hydrogen-bond donors (Lipinski definition) is 3. The van der Waals surface area contributed by atoms with Gasteiger partial charge in [0.15, 0.2) is 0 Å². The SMILES string of the molecule is CCNC(=O)NC(=O)C(C)NC(C)c1ccc(CC)cc1. The van der Waals surface area contributed by atoms with Gasteiger partial charge in [-0.15, -0.1) is 0 Å². The van der Waals surface area contributed by atoms with E-state index >= 15 is 0 Å². The van der Waals surface area contributed by atoms with E-state index in [9.17, 15) is 9.59 Å². The van der Waals surface area contributed by atoms with Gasteiger partial charge in [0.2, 0.25) is 5.91 Å². The number of urea groups is 1. The van der Waals surface area contributed by atoms with Crippen molar-refractivity contribution in [1.82, 2.24) is 16.0 Å². The molecule has 0 aromatic heterocycles. The molecule has 1 aromatic carbocycles. The third-order valence-electron chi connectivity index (χ3n) is 3.36. The number of hydrogen-bond acceptors (Lipinski definition) is 3. The molecule has 21 heavy (non-hydrogen) atoms. The second-order valence-corrected chi connectivity index (χ2v) is 5.05. The average Bonchev–Trinajstić information content (AvgIpc) is 2.47. The van der Waals surface area contributed by atoms with Gasteiger partial charge in [-0.2, -0.15) is 0 Å². The maximum Gasteiger partial charge on any atom is 0.321 e. The van der Waals surface area contributed by atoms with E-state index in [1.807, 2.05) is 6.92 Å². The number of carbonyl (C=O) groups is 2. The Labute approximate surface area is 126 Å². The van der Waals surface area contributed by atoms with Crippen LogP contribution in [-0.4, -0.2) is 24.5 Å². The van der Waals surface area contributed by atoms with E-state index in [-0.39, 0.29) is 11.9 Å². The van der Waals surface area contributed by atoms with E-state index < -0.39 is 12.1 Å². The fourth-order valence-electron chi connectivity index (χ4n) is 2.01. The van der Waals surface area contributed by atoms with Crippen LogP contribution >= 0.6 is 0 Å². The monoisotopic (exact) mass is 291 g/mol. The molecule has 0 fully saturated rings. The van der Waals surface area contributed by atoms with E-state index in [2.05, 4.69) is 47.1 Å². The van der Waals surface area contributed by atoms with Gasteiger partial charge in [0.1, 0.15) is 0 Å². The van der Waals surface area contributed by atoms with Gasteiger partial charge in [0, 0.05) is 12.6 Å². The summed E-state index contributed by atoms with van der Waals surface area (Å²) in [5, 5.41) is 8.02. The maximum atomic E-state index is 11.9. The number of aryl methyl sites for hydroxylation is 1. The van der Waals surface area contributed by atoms with Crippen molar-refractivity contribution >= 4 is 11.9 Å². The highest BCUT2D eigenvalue weighted by Crippen LogP contribution is 2.14. The Morgan fingerprint density at radius 1 is 1.10 bits per heavy atom. The highest BCUT2D eigenvalue weighted by molar-refractivity contribution is 5.96. The summed E-state index contributed by atoms with van der Waals surface area (Å²) in [6.07, 6.45) is 1.01. The molecule has 0 heterocycles. The van der Waals surface area contributed by atoms with Gasteiger partial charge < -0.3 is 5.32 Å². The van der Waals surface area contributed by atoms with Gasteiger partial charge in [0.05, 0.1) is 6.04 Å². The molecule has 0 spiro atoms. The maximum absolute atomic E-state index is 11.9. The van der Waals surface area contributed by atoms with E-state index in [0.717, 1.165) is 12.0 Å². The topological polar surface area (TPSA) is 70.2 Å². The third-order valence-corrected chi connectivity index (χ3v) is 3.36. The van der Waals surface area contributed by atoms with Crippen molar-refractivity contribution in [2.75, 3.05) is 6.54 Å². The van der Waals surface area contributed by atoms with Crippen molar-refractivity contribution in [2.45, 2.75) is 46.2 Å². The molecule has 3 N–H and O–H groups in total. The summed E-state index contributed by atoms with van der Waals surface area (Å²) in [5.74, 6) is -0.335. The van der Waals surface area contributed by atoms with Crippen LogP contribution in [0.2, 0.25) is 0 Å². The molecule has 3 amide bonds. The van der Waals surface area contributed by atoms with Crippen LogP contribution < -0.4 is 16.0 Å². The molecule has 0 saturated carbocycles. The van der Waals surface area contributed by atoms with E-state index in [0.29, 0.717) is 6.54 Å². The van der Waals surface area contributed by atoms with Crippen LogP contribution in [0.1, 0.15) is 44.9 Å². The predicted octanol–water partition coefficient (Wildman–Crippen LogP) is 2.13. The van der Waals surface area contributed by atoms with Gasteiger partial charge in [-0.05, 0) is 38.3 Å². The first-order valence-electron chi connectivity index (χ1n) is 7.41. The van der Waals surface area contributed by atoms with Gasteiger partial charge in [-0.25, -0.2) is 4.79 Å². The van der Waals surface area contributed by atoms with Gasteiger partial charge >= 0.3 is 6.03 Å². The average molecular weight is 291 g/mol. The van der Waals surface area contributed by atoms with Crippen LogP contribution in [-0.2, 0) is 11.2 Å². The molecule has 0 bridgehead atoms. The van der Waals surface area contributed by atoms with E-state index in [1.54, 1.807) is 13.8 Å². The molecule has 0 aliphatic rings. The molecular weight excluding hydrogens is 266 g/mol. The summed E-state index contributed by atoms with van der Waals surface area (Å²) in [5.41, 5.74) is 2.40. The van der Waals surface area contributed by atoms with Crippen molar-refractivity contribution < 1.29 is 9.59 Å². The lowest BCUT2D eigenvalue weighted by Gasteiger charge is -2.20. The van der Waals surface area contributed by atoms with Crippen molar-refractivity contribution in [3.8, 4) is 0 Å². The van der Waals surface area contributed by atoms with Crippen molar-refractivity contribution in [2.24, 2.45) is 0 Å². The number of carbonyl (C=O) groups excluding carboxylic acids is 2. The van der Waals surface area contributed by atoms with Gasteiger partial charge in [0.25, 0.3) is 0 Å². The summed E-state index contributed by atoms with van der Waals surface area (Å²) in [6, 6.07) is 7.42. The molecule has 0 aliphatic heterocycles. The second-order valence-electron chi connectivity index (χ2n) is 5.05. The second kappa shape index (κ2) is 8.42. The minimum Gasteiger partial charge on any atom is -0.338 e. The molecule has 2 atom stereocenters. The van der Waals surface area contributed by atoms with Crippen LogP contribution in [0.5, 0.6) is 0 Å². The van der Waals surface area contributed by atoms with Crippen molar-refractivity contribution in [3.63, 3.8) is 0 Å². The van der Waals surface area contributed by atoms with E-state index in [4.69, 9.17) is 0 Å². The molecule has 5 nitrogen and oxygen atoms in total. The number of amides is 3. The molecule has 1 aromatic rings. The number of rotatable bonds is 6. The summed E-state index contributed by atoms with van der Waals surface area (Å²) in [7, 11) is 0. The van der Waals surface area contributed by atoms with Crippen LogP contribution in [0, 0.1) is 0 Å². The Morgan fingerprint density at radius 2 is 1.71 bits per heavy atom. The van der Waals surface area contributed by atoms with Crippen molar-refractivity contribution in [3.05, 3.63) is 35.4 Å². The highest BCUT2D eigenvalue weighted by Gasteiger charge is 2.18. The van der Waals surface area contributed by atoms with Gasteiger partial charge in [-0.3, -0.25) is 15.4 Å². The molecule has 2 unspecified atom stereocenters. The Hall–Kier alpha value is -1.88. The quantitative estimate of drug-likeness (QED) is 0.752. The zero-order chi connectivity index (χ0) is 15.8. The lowest BCUT2D eigenvalue weighted by molar-refractivity contribution is -0.121. The first-order chi connectivity index (χ1) is 9.97. The molecule has 5 heteroatoms. The summed E-state index contributed by atoms with van der Waals surface area (Å²) in [6.45, 7) is 8.14. The molecular formula is C16H25N3O2. The zero-order valence-electron chi connectivity index (χ0n) is 13.2. The third kappa shape index (κ3) is 5.55. The largest absolute Gasteiger partial charge is 0.338 e. The normalized spacial score (nSPS) is 13.3. The highest BCUT2D eigenvalue weighted by atomic mass is 16.2. The van der Waals surface area contributed by atoms with E-state index in [1.165, 1.54) is 5.56 Å². The van der Waals surface area contributed by atoms with Crippen molar-refractivity contribution in [1.29, 1.82) is 0 Å². The van der Waals surface area contributed by atoms with Gasteiger partial charge in [-0.1, -0.05) is 31.2 Å².